The number of carbonyl (C=O) groups excluding carboxylic acids is 1. The van der Waals surface area contributed by atoms with Crippen LogP contribution in [0.15, 0.2) is 60.7 Å². The van der Waals surface area contributed by atoms with Crippen molar-refractivity contribution in [2.45, 2.75) is 45.3 Å². The van der Waals surface area contributed by atoms with Gasteiger partial charge in [0.25, 0.3) is 0 Å². The lowest BCUT2D eigenvalue weighted by atomic mass is 9.98. The fraction of sp³-hybridized carbons (Fsp3) is 0.379. The molecule has 2 aliphatic heterocycles. The molecule has 2 aliphatic rings. The predicted molar refractivity (Wildman–Crippen MR) is 149 cm³/mol. The van der Waals surface area contributed by atoms with Crippen LogP contribution >= 0.6 is 0 Å². The van der Waals surface area contributed by atoms with Gasteiger partial charge in [-0.05, 0) is 61.6 Å². The molecule has 10 heteroatoms. The van der Waals surface area contributed by atoms with E-state index in [4.69, 9.17) is 9.47 Å². The van der Waals surface area contributed by atoms with Gasteiger partial charge in [0.05, 0.1) is 18.0 Å². The molecule has 206 valence electrons. The lowest BCUT2D eigenvalue weighted by Crippen LogP contribution is -2.46. The van der Waals surface area contributed by atoms with Gasteiger partial charge < -0.3 is 9.47 Å². The first-order valence-corrected chi connectivity index (χ1v) is 15.0. The highest BCUT2D eigenvalue weighted by atomic mass is 32.2. The lowest BCUT2D eigenvalue weighted by Gasteiger charge is -2.38. The zero-order chi connectivity index (χ0) is 27.6. The summed E-state index contributed by atoms with van der Waals surface area (Å²) in [6.45, 7) is 6.76. The fourth-order valence-electron chi connectivity index (χ4n) is 5.29. The molecule has 3 aromatic rings. The highest BCUT2D eigenvalue weighted by Gasteiger charge is 2.40. The number of sulfonamides is 1. The molecule has 3 heterocycles. The predicted octanol–water partition coefficient (Wildman–Crippen LogP) is 5.02. The molecule has 0 radical (unpaired) electrons. The Morgan fingerprint density at radius 2 is 1.79 bits per heavy atom. The minimum absolute atomic E-state index is 0.0230. The van der Waals surface area contributed by atoms with Gasteiger partial charge in [0, 0.05) is 37.4 Å². The monoisotopic (exact) mass is 550 g/mol. The number of hydrogen-bond acceptors (Lipinski definition) is 7. The quantitative estimate of drug-likeness (QED) is 0.420. The van der Waals surface area contributed by atoms with Crippen LogP contribution in [0.4, 0.5) is 10.5 Å². The third-order valence-corrected chi connectivity index (χ3v) is 7.92. The minimum Gasteiger partial charge on any atom is -0.447 e. The van der Waals surface area contributed by atoms with Crippen LogP contribution in [0.25, 0.3) is 0 Å². The van der Waals surface area contributed by atoms with Crippen molar-refractivity contribution in [3.63, 3.8) is 0 Å². The third kappa shape index (κ3) is 6.51. The van der Waals surface area contributed by atoms with Crippen LogP contribution in [0.1, 0.15) is 41.3 Å². The normalized spacial score (nSPS) is 18.7. The number of aromatic nitrogens is 1. The number of carbonyl (C=O) groups is 1. The Hall–Kier alpha value is -3.63. The van der Waals surface area contributed by atoms with Crippen molar-refractivity contribution in [3.8, 4) is 11.6 Å². The lowest BCUT2D eigenvalue weighted by molar-refractivity contribution is 0.104. The van der Waals surface area contributed by atoms with E-state index in [9.17, 15) is 13.2 Å². The first-order valence-electron chi connectivity index (χ1n) is 13.1. The first-order chi connectivity index (χ1) is 18.7. The Kier molecular flexibility index (Phi) is 7.76. The molecule has 1 amide bonds. The van der Waals surface area contributed by atoms with E-state index in [0.717, 1.165) is 61.1 Å². The van der Waals surface area contributed by atoms with E-state index in [1.807, 2.05) is 49.1 Å². The number of pyridine rings is 1. The van der Waals surface area contributed by atoms with Gasteiger partial charge >= 0.3 is 6.09 Å². The van der Waals surface area contributed by atoms with Crippen molar-refractivity contribution < 1.29 is 22.7 Å². The van der Waals surface area contributed by atoms with Crippen molar-refractivity contribution in [3.05, 3.63) is 83.0 Å². The Balaban J connectivity index is 1.17. The molecular weight excluding hydrogens is 516 g/mol. The van der Waals surface area contributed by atoms with Crippen molar-refractivity contribution in [2.75, 3.05) is 30.7 Å². The summed E-state index contributed by atoms with van der Waals surface area (Å²) in [7, 11) is -3.35. The second-order valence-electron chi connectivity index (χ2n) is 10.3. The zero-order valence-corrected chi connectivity index (χ0v) is 23.3. The molecule has 2 saturated heterocycles. The second kappa shape index (κ2) is 11.2. The van der Waals surface area contributed by atoms with Gasteiger partial charge in [0.1, 0.15) is 12.4 Å². The number of cyclic esters (lactones) is 1. The van der Waals surface area contributed by atoms with Crippen LogP contribution in [0.5, 0.6) is 11.6 Å². The molecule has 1 aromatic heterocycles. The Morgan fingerprint density at radius 1 is 1.05 bits per heavy atom. The number of aryl methyl sites for hydroxylation is 2. The molecule has 5 rings (SSSR count). The van der Waals surface area contributed by atoms with E-state index in [1.165, 1.54) is 0 Å². The highest BCUT2D eigenvalue weighted by molar-refractivity contribution is 7.92. The Bertz CT molecular complexity index is 1440. The maximum absolute atomic E-state index is 12.6. The number of hydrogen-bond donors (Lipinski definition) is 1. The summed E-state index contributed by atoms with van der Waals surface area (Å²) in [6.07, 6.45) is 2.71. The number of anilines is 1. The fourth-order valence-corrected chi connectivity index (χ4v) is 5.92. The zero-order valence-electron chi connectivity index (χ0n) is 22.5. The molecule has 2 fully saturated rings. The van der Waals surface area contributed by atoms with Crippen LogP contribution in [0.2, 0.25) is 0 Å². The standard InChI is InChI=1S/C29H34N4O5S/c1-20-17-25(10-11-26(20)31-39(3,35)36)38-28-12-9-23(21(2)30-28)18-32-15-13-24(14-16-32)33-27(19-37-29(33)34)22-7-5-4-6-8-22/h4-12,17,24,27,31H,13-16,18-19H2,1-3H3. The number of rotatable bonds is 8. The third-order valence-electron chi connectivity index (χ3n) is 7.33. The van der Waals surface area contributed by atoms with E-state index in [-0.39, 0.29) is 18.2 Å². The van der Waals surface area contributed by atoms with Crippen LogP contribution < -0.4 is 9.46 Å². The summed E-state index contributed by atoms with van der Waals surface area (Å²) >= 11 is 0. The molecule has 0 saturated carbocycles. The van der Waals surface area contributed by atoms with Crippen molar-refractivity contribution in [1.82, 2.24) is 14.8 Å². The summed E-state index contributed by atoms with van der Waals surface area (Å²) in [5.41, 5.74) is 4.42. The number of piperidine rings is 1. The first kappa shape index (κ1) is 27.0. The molecule has 0 aliphatic carbocycles. The SMILES string of the molecule is Cc1cc(Oc2ccc(CN3CCC(N4C(=O)OCC4c4ccccc4)CC3)c(C)n2)ccc1NS(C)(=O)=O. The van der Waals surface area contributed by atoms with Gasteiger partial charge in [0.15, 0.2) is 0 Å². The Labute approximate surface area is 229 Å². The summed E-state index contributed by atoms with van der Waals surface area (Å²) in [6, 6.07) is 19.3. The number of ether oxygens (including phenoxy) is 2. The average Bonchev–Trinajstić information content (AvgIpc) is 3.29. The van der Waals surface area contributed by atoms with Gasteiger partial charge in [-0.2, -0.15) is 0 Å². The van der Waals surface area contributed by atoms with E-state index in [0.29, 0.717) is 23.9 Å². The number of benzene rings is 2. The molecule has 2 aromatic carbocycles. The Morgan fingerprint density at radius 3 is 2.46 bits per heavy atom. The maximum atomic E-state index is 12.6. The minimum atomic E-state index is -3.35. The summed E-state index contributed by atoms with van der Waals surface area (Å²) in [5.74, 6) is 1.07. The maximum Gasteiger partial charge on any atom is 0.410 e. The molecule has 39 heavy (non-hydrogen) atoms. The molecular formula is C29H34N4O5S. The van der Waals surface area contributed by atoms with Crippen LogP contribution in [0, 0.1) is 13.8 Å². The second-order valence-corrected chi connectivity index (χ2v) is 12.0. The summed E-state index contributed by atoms with van der Waals surface area (Å²) in [4.78, 5) is 21.6. The topological polar surface area (TPSA) is 101 Å². The summed E-state index contributed by atoms with van der Waals surface area (Å²) < 4.78 is 36.9. The van der Waals surface area contributed by atoms with Crippen molar-refractivity contribution >= 4 is 21.8 Å². The van der Waals surface area contributed by atoms with E-state index < -0.39 is 10.0 Å². The largest absolute Gasteiger partial charge is 0.447 e. The van der Waals surface area contributed by atoms with Crippen LogP contribution in [-0.4, -0.2) is 61.3 Å². The van der Waals surface area contributed by atoms with Crippen LogP contribution in [-0.2, 0) is 21.3 Å². The van der Waals surface area contributed by atoms with Crippen LogP contribution in [0.3, 0.4) is 0 Å². The molecule has 9 nitrogen and oxygen atoms in total. The number of likely N-dealkylation sites (tertiary alicyclic amines) is 1. The number of nitrogens with zero attached hydrogens (tertiary/aromatic N) is 3. The average molecular weight is 551 g/mol. The summed E-state index contributed by atoms with van der Waals surface area (Å²) in [5, 5.41) is 0. The van der Waals surface area contributed by atoms with E-state index in [1.54, 1.807) is 18.2 Å². The van der Waals surface area contributed by atoms with Gasteiger partial charge in [-0.25, -0.2) is 18.2 Å². The smallest absolute Gasteiger partial charge is 0.410 e. The molecule has 0 bridgehead atoms. The van der Waals surface area contributed by atoms with E-state index >= 15 is 0 Å². The van der Waals surface area contributed by atoms with E-state index in [2.05, 4.69) is 26.7 Å². The van der Waals surface area contributed by atoms with Gasteiger partial charge in [-0.15, -0.1) is 0 Å². The van der Waals surface area contributed by atoms with Gasteiger partial charge in [-0.3, -0.25) is 14.5 Å². The molecule has 1 atom stereocenters. The molecule has 1 N–H and O–H groups in total. The van der Waals surface area contributed by atoms with Crippen molar-refractivity contribution in [1.29, 1.82) is 0 Å². The molecule has 1 unspecified atom stereocenters. The number of amides is 1. The highest BCUT2D eigenvalue weighted by Crippen LogP contribution is 2.33. The van der Waals surface area contributed by atoms with Gasteiger partial charge in [0.2, 0.25) is 15.9 Å². The van der Waals surface area contributed by atoms with Crippen molar-refractivity contribution in [2.24, 2.45) is 0 Å². The molecule has 0 spiro atoms. The van der Waals surface area contributed by atoms with Gasteiger partial charge in [-0.1, -0.05) is 36.4 Å². The number of nitrogens with one attached hydrogen (secondary N) is 1.